The average Bonchev–Trinajstić information content (AvgIpc) is 2.60. The van der Waals surface area contributed by atoms with Crippen LogP contribution in [-0.2, 0) is 18.9 Å². The fraction of sp³-hybridized carbons (Fsp3) is 1.00. The van der Waals surface area contributed by atoms with Crippen molar-refractivity contribution in [2.24, 2.45) is 0 Å². The number of rotatable bonds is 21. The van der Waals surface area contributed by atoms with Gasteiger partial charge in [-0.3, -0.25) is 0 Å². The Labute approximate surface area is 150 Å². The molecule has 4 heteroatoms. The normalized spacial score (nSPS) is 11.2. The Morgan fingerprint density at radius 2 is 0.625 bits per heavy atom. The van der Waals surface area contributed by atoms with Crippen LogP contribution < -0.4 is 0 Å². The highest BCUT2D eigenvalue weighted by Gasteiger charge is 1.94. The third-order valence-corrected chi connectivity index (χ3v) is 3.86. The molecule has 146 valence electrons. The monoisotopic (exact) mass is 346 g/mol. The summed E-state index contributed by atoms with van der Waals surface area (Å²) in [6.45, 7) is 10.8. The van der Waals surface area contributed by atoms with Gasteiger partial charge >= 0.3 is 0 Å². The lowest BCUT2D eigenvalue weighted by atomic mass is 10.1. The lowest BCUT2D eigenvalue weighted by Crippen LogP contribution is -2.06. The van der Waals surface area contributed by atoms with E-state index in [-0.39, 0.29) is 0 Å². The maximum absolute atomic E-state index is 5.56. The molecule has 0 fully saturated rings. The maximum atomic E-state index is 5.56. The van der Waals surface area contributed by atoms with Crippen molar-refractivity contribution in [1.29, 1.82) is 0 Å². The smallest absolute Gasteiger partial charge is 0.0700 e. The molecule has 0 unspecified atom stereocenters. The van der Waals surface area contributed by atoms with E-state index in [1.165, 1.54) is 51.4 Å². The molecule has 0 rings (SSSR count). The van der Waals surface area contributed by atoms with Crippen molar-refractivity contribution < 1.29 is 18.9 Å². The molecule has 4 nitrogen and oxygen atoms in total. The minimum atomic E-state index is 0.739. The molecular formula is C20H42O4. The van der Waals surface area contributed by atoms with Crippen LogP contribution in [0.4, 0.5) is 0 Å². The second-order valence-electron chi connectivity index (χ2n) is 6.28. The van der Waals surface area contributed by atoms with E-state index in [4.69, 9.17) is 18.9 Å². The van der Waals surface area contributed by atoms with E-state index in [2.05, 4.69) is 13.8 Å². The van der Waals surface area contributed by atoms with Crippen LogP contribution in [0.15, 0.2) is 0 Å². The van der Waals surface area contributed by atoms with Gasteiger partial charge in [0, 0.05) is 26.4 Å². The van der Waals surface area contributed by atoms with Gasteiger partial charge in [-0.15, -0.1) is 0 Å². The number of unbranched alkanes of at least 4 members (excludes halogenated alkanes) is 7. The second kappa shape index (κ2) is 22.8. The van der Waals surface area contributed by atoms with Crippen molar-refractivity contribution in [2.75, 3.05) is 52.9 Å². The highest BCUT2D eigenvalue weighted by Crippen LogP contribution is 2.05. The van der Waals surface area contributed by atoms with Crippen molar-refractivity contribution in [2.45, 2.75) is 78.1 Å². The summed E-state index contributed by atoms with van der Waals surface area (Å²) < 4.78 is 22.0. The predicted molar refractivity (Wildman–Crippen MR) is 101 cm³/mol. The Hall–Kier alpha value is -0.160. The van der Waals surface area contributed by atoms with Gasteiger partial charge in [0.1, 0.15) is 0 Å². The molecule has 0 heterocycles. The summed E-state index contributed by atoms with van der Waals surface area (Å²) in [6, 6.07) is 0. The van der Waals surface area contributed by atoms with E-state index >= 15 is 0 Å². The van der Waals surface area contributed by atoms with E-state index in [1.807, 2.05) is 0 Å². The van der Waals surface area contributed by atoms with Crippen LogP contribution in [0.3, 0.4) is 0 Å². The van der Waals surface area contributed by atoms with Crippen LogP contribution in [0.5, 0.6) is 0 Å². The summed E-state index contributed by atoms with van der Waals surface area (Å²) in [4.78, 5) is 0. The lowest BCUT2D eigenvalue weighted by molar-refractivity contribution is 0.0444. The molecule has 0 saturated carbocycles. The first-order valence-corrected chi connectivity index (χ1v) is 10.2. The van der Waals surface area contributed by atoms with Gasteiger partial charge < -0.3 is 18.9 Å². The molecule has 0 aliphatic heterocycles. The minimum absolute atomic E-state index is 0.739. The van der Waals surface area contributed by atoms with Crippen LogP contribution >= 0.6 is 0 Å². The zero-order valence-corrected chi connectivity index (χ0v) is 16.4. The second-order valence-corrected chi connectivity index (χ2v) is 6.28. The summed E-state index contributed by atoms with van der Waals surface area (Å²) >= 11 is 0. The first-order chi connectivity index (χ1) is 11.9. The zero-order chi connectivity index (χ0) is 17.6. The molecule has 0 atom stereocenters. The third kappa shape index (κ3) is 21.8. The predicted octanol–water partition coefficient (Wildman–Crippen LogP) is 4.99. The minimum Gasteiger partial charge on any atom is -0.379 e. The van der Waals surface area contributed by atoms with Crippen LogP contribution in [0.2, 0.25) is 0 Å². The van der Waals surface area contributed by atoms with Crippen LogP contribution in [0, 0.1) is 0 Å². The standard InChI is InChI=1S/C20H42O4/c1-3-5-13-21-17-19-23-15-11-9-7-8-10-12-16-24-20-18-22-14-6-4-2/h3-20H2,1-2H3. The topological polar surface area (TPSA) is 36.9 Å². The van der Waals surface area contributed by atoms with Gasteiger partial charge in [-0.25, -0.2) is 0 Å². The van der Waals surface area contributed by atoms with Gasteiger partial charge in [0.15, 0.2) is 0 Å². The first-order valence-electron chi connectivity index (χ1n) is 10.2. The van der Waals surface area contributed by atoms with Gasteiger partial charge in [-0.2, -0.15) is 0 Å². The van der Waals surface area contributed by atoms with Gasteiger partial charge in [-0.1, -0.05) is 52.4 Å². The molecule has 0 bridgehead atoms. The molecule has 24 heavy (non-hydrogen) atoms. The fourth-order valence-electron chi connectivity index (χ4n) is 2.25. The molecule has 0 aromatic rings. The van der Waals surface area contributed by atoms with Crippen molar-refractivity contribution in [1.82, 2.24) is 0 Å². The van der Waals surface area contributed by atoms with E-state index in [1.54, 1.807) is 0 Å². The molecule has 0 aromatic carbocycles. The largest absolute Gasteiger partial charge is 0.379 e. The Morgan fingerprint density at radius 3 is 0.958 bits per heavy atom. The SMILES string of the molecule is CCCCOCCOCCCCCCCCOCCOCCCC. The third-order valence-electron chi connectivity index (χ3n) is 3.86. The molecule has 0 radical (unpaired) electrons. The highest BCUT2D eigenvalue weighted by atomic mass is 16.5. The summed E-state index contributed by atoms with van der Waals surface area (Å²) in [5.41, 5.74) is 0. The van der Waals surface area contributed by atoms with E-state index < -0.39 is 0 Å². The summed E-state index contributed by atoms with van der Waals surface area (Å²) in [6.07, 6.45) is 12.2. The van der Waals surface area contributed by atoms with Crippen LogP contribution in [-0.4, -0.2) is 52.9 Å². The lowest BCUT2D eigenvalue weighted by Gasteiger charge is -2.06. The molecule has 0 aromatic heterocycles. The van der Waals surface area contributed by atoms with Crippen LogP contribution in [0.1, 0.15) is 78.1 Å². The van der Waals surface area contributed by atoms with E-state index in [9.17, 15) is 0 Å². The molecule has 0 amide bonds. The fourth-order valence-corrected chi connectivity index (χ4v) is 2.25. The van der Waals surface area contributed by atoms with Gasteiger partial charge in [0.2, 0.25) is 0 Å². The average molecular weight is 347 g/mol. The van der Waals surface area contributed by atoms with Crippen molar-refractivity contribution >= 4 is 0 Å². The number of hydrogen-bond donors (Lipinski definition) is 0. The van der Waals surface area contributed by atoms with E-state index in [0.29, 0.717) is 0 Å². The number of ether oxygens (including phenoxy) is 4. The summed E-state index contributed by atoms with van der Waals surface area (Å²) in [7, 11) is 0. The Morgan fingerprint density at radius 1 is 0.333 bits per heavy atom. The molecule has 0 saturated heterocycles. The Bertz CT molecular complexity index is 190. The number of hydrogen-bond acceptors (Lipinski definition) is 4. The quantitative estimate of drug-likeness (QED) is 0.274. The zero-order valence-electron chi connectivity index (χ0n) is 16.4. The highest BCUT2D eigenvalue weighted by molar-refractivity contribution is 4.46. The van der Waals surface area contributed by atoms with Gasteiger partial charge in [0.25, 0.3) is 0 Å². The Kier molecular flexibility index (Phi) is 22.7. The molecule has 0 spiro atoms. The summed E-state index contributed by atoms with van der Waals surface area (Å²) in [5, 5.41) is 0. The Balaban J connectivity index is 2.93. The van der Waals surface area contributed by atoms with Crippen molar-refractivity contribution in [3.05, 3.63) is 0 Å². The van der Waals surface area contributed by atoms with Gasteiger partial charge in [0.05, 0.1) is 26.4 Å². The molecule has 0 aliphatic carbocycles. The van der Waals surface area contributed by atoms with Crippen molar-refractivity contribution in [3.8, 4) is 0 Å². The molecule has 0 aliphatic rings. The van der Waals surface area contributed by atoms with E-state index in [0.717, 1.165) is 65.7 Å². The molecule has 0 N–H and O–H groups in total. The van der Waals surface area contributed by atoms with Crippen molar-refractivity contribution in [3.63, 3.8) is 0 Å². The van der Waals surface area contributed by atoms with Gasteiger partial charge in [-0.05, 0) is 25.7 Å². The molecular weight excluding hydrogens is 304 g/mol. The first kappa shape index (κ1) is 23.8. The maximum Gasteiger partial charge on any atom is 0.0700 e. The van der Waals surface area contributed by atoms with Crippen LogP contribution in [0.25, 0.3) is 0 Å². The summed E-state index contributed by atoms with van der Waals surface area (Å²) in [5.74, 6) is 0.